The molecular weight excluding hydrogens is 300 g/mol. The Morgan fingerprint density at radius 3 is 2.78 bits per heavy atom. The summed E-state index contributed by atoms with van der Waals surface area (Å²) in [5.41, 5.74) is 0.672. The number of methoxy groups -OCH3 is 1. The van der Waals surface area contributed by atoms with Crippen molar-refractivity contribution in [1.29, 1.82) is 0 Å². The fourth-order valence-electron chi connectivity index (χ4n) is 2.11. The number of nitro groups is 1. The number of amides is 1. The van der Waals surface area contributed by atoms with Gasteiger partial charge in [0.15, 0.2) is 5.75 Å². The van der Waals surface area contributed by atoms with Crippen LogP contribution in [0.1, 0.15) is 35.9 Å². The number of carbonyl (C=O) groups is 1. The van der Waals surface area contributed by atoms with Gasteiger partial charge in [-0.2, -0.15) is 5.10 Å². The molecule has 0 radical (unpaired) electrons. The Kier molecular flexibility index (Phi) is 4.95. The fourth-order valence-corrected chi connectivity index (χ4v) is 2.11. The summed E-state index contributed by atoms with van der Waals surface area (Å²) in [5, 5.41) is 18.1. The van der Waals surface area contributed by atoms with E-state index in [9.17, 15) is 14.9 Å². The molecule has 0 bridgehead atoms. The highest BCUT2D eigenvalue weighted by Gasteiger charge is 2.20. The Morgan fingerprint density at radius 1 is 1.48 bits per heavy atom. The third-order valence-corrected chi connectivity index (χ3v) is 3.41. The molecule has 0 spiro atoms. The third kappa shape index (κ3) is 3.65. The van der Waals surface area contributed by atoms with Crippen molar-refractivity contribution in [3.05, 3.63) is 51.8 Å². The van der Waals surface area contributed by atoms with Crippen molar-refractivity contribution in [1.82, 2.24) is 15.1 Å². The molecule has 2 rings (SSSR count). The Balaban J connectivity index is 2.17. The molecule has 0 aliphatic heterocycles. The van der Waals surface area contributed by atoms with E-state index in [-0.39, 0.29) is 23.0 Å². The summed E-state index contributed by atoms with van der Waals surface area (Å²) in [6.07, 6.45) is 1.83. The van der Waals surface area contributed by atoms with Crippen LogP contribution in [0, 0.1) is 10.1 Å². The second-order valence-corrected chi connectivity index (χ2v) is 4.94. The molecule has 0 fully saturated rings. The molecule has 1 unspecified atom stereocenters. The fraction of sp³-hybridized carbons (Fsp3) is 0.333. The van der Waals surface area contributed by atoms with E-state index in [0.717, 1.165) is 12.2 Å². The Morgan fingerprint density at radius 2 is 2.22 bits per heavy atom. The summed E-state index contributed by atoms with van der Waals surface area (Å²) < 4.78 is 6.68. The summed E-state index contributed by atoms with van der Waals surface area (Å²) in [4.78, 5) is 22.7. The zero-order valence-corrected chi connectivity index (χ0v) is 13.1. The maximum Gasteiger partial charge on any atom is 0.311 e. The molecule has 122 valence electrons. The molecule has 2 aromatic rings. The van der Waals surface area contributed by atoms with Crippen LogP contribution >= 0.6 is 0 Å². The third-order valence-electron chi connectivity index (χ3n) is 3.41. The van der Waals surface area contributed by atoms with Gasteiger partial charge in [0.25, 0.3) is 5.91 Å². The van der Waals surface area contributed by atoms with Crippen LogP contribution in [0.5, 0.6) is 5.75 Å². The number of nitrogens with one attached hydrogen (secondary N) is 1. The van der Waals surface area contributed by atoms with Gasteiger partial charge in [-0.3, -0.25) is 19.6 Å². The molecule has 8 nitrogen and oxygen atoms in total. The van der Waals surface area contributed by atoms with Gasteiger partial charge in [0.05, 0.1) is 23.8 Å². The molecular formula is C15H18N4O4. The van der Waals surface area contributed by atoms with Crippen LogP contribution in [0.3, 0.4) is 0 Å². The number of hydrogen-bond acceptors (Lipinski definition) is 5. The molecule has 23 heavy (non-hydrogen) atoms. The van der Waals surface area contributed by atoms with Crippen molar-refractivity contribution in [2.24, 2.45) is 0 Å². The number of hydrogen-bond donors (Lipinski definition) is 1. The van der Waals surface area contributed by atoms with E-state index in [1.165, 1.54) is 25.3 Å². The van der Waals surface area contributed by atoms with Gasteiger partial charge < -0.3 is 10.1 Å². The maximum absolute atomic E-state index is 12.3. The minimum absolute atomic E-state index is 0.112. The smallest absolute Gasteiger partial charge is 0.311 e. The zero-order valence-electron chi connectivity index (χ0n) is 13.1. The van der Waals surface area contributed by atoms with E-state index in [2.05, 4.69) is 10.4 Å². The second-order valence-electron chi connectivity index (χ2n) is 4.94. The SMILES string of the molecule is CCn1ccc(C(C)NC(=O)c2ccc(OC)c([N+](=O)[O-])c2)n1. The van der Waals surface area contributed by atoms with Crippen LogP contribution < -0.4 is 10.1 Å². The van der Waals surface area contributed by atoms with Crippen LogP contribution in [0.15, 0.2) is 30.5 Å². The molecule has 0 aliphatic rings. The molecule has 1 aromatic carbocycles. The molecule has 0 saturated carbocycles. The number of aryl methyl sites for hydroxylation is 1. The van der Waals surface area contributed by atoms with Gasteiger partial charge in [-0.15, -0.1) is 0 Å². The first-order valence-electron chi connectivity index (χ1n) is 7.13. The quantitative estimate of drug-likeness (QED) is 0.651. The van der Waals surface area contributed by atoms with Gasteiger partial charge in [0, 0.05) is 24.4 Å². The van der Waals surface area contributed by atoms with Crippen molar-refractivity contribution in [2.75, 3.05) is 7.11 Å². The predicted molar refractivity (Wildman–Crippen MR) is 83.4 cm³/mol. The van der Waals surface area contributed by atoms with Gasteiger partial charge >= 0.3 is 5.69 Å². The van der Waals surface area contributed by atoms with Gasteiger partial charge in [0.1, 0.15) is 0 Å². The lowest BCUT2D eigenvalue weighted by atomic mass is 10.1. The van der Waals surface area contributed by atoms with Crippen LogP contribution in [0.2, 0.25) is 0 Å². The zero-order chi connectivity index (χ0) is 17.0. The lowest BCUT2D eigenvalue weighted by molar-refractivity contribution is -0.385. The number of nitrogens with zero attached hydrogens (tertiary/aromatic N) is 3. The predicted octanol–water partition coefficient (Wildman–Crippen LogP) is 2.31. The Labute approximate surface area is 133 Å². The molecule has 1 amide bonds. The average Bonchev–Trinajstić information content (AvgIpc) is 3.03. The summed E-state index contributed by atoms with van der Waals surface area (Å²) in [6.45, 7) is 4.51. The highest BCUT2D eigenvalue weighted by Crippen LogP contribution is 2.27. The van der Waals surface area contributed by atoms with Gasteiger partial charge in [-0.25, -0.2) is 0 Å². The largest absolute Gasteiger partial charge is 0.490 e. The van der Waals surface area contributed by atoms with Crippen molar-refractivity contribution in [2.45, 2.75) is 26.4 Å². The molecule has 1 heterocycles. The van der Waals surface area contributed by atoms with Gasteiger partial charge in [-0.05, 0) is 32.0 Å². The van der Waals surface area contributed by atoms with E-state index in [0.29, 0.717) is 0 Å². The van der Waals surface area contributed by atoms with E-state index in [1.54, 1.807) is 11.6 Å². The molecule has 1 atom stereocenters. The summed E-state index contributed by atoms with van der Waals surface area (Å²) >= 11 is 0. The molecule has 8 heteroatoms. The van der Waals surface area contributed by atoms with E-state index < -0.39 is 10.8 Å². The van der Waals surface area contributed by atoms with Crippen LogP contribution in [-0.4, -0.2) is 27.7 Å². The first-order chi connectivity index (χ1) is 11.0. The second kappa shape index (κ2) is 6.91. The van der Waals surface area contributed by atoms with E-state index >= 15 is 0 Å². The Hall–Kier alpha value is -2.90. The van der Waals surface area contributed by atoms with Crippen molar-refractivity contribution >= 4 is 11.6 Å². The molecule has 1 N–H and O–H groups in total. The standard InChI is InChI=1S/C15H18N4O4/c1-4-18-8-7-12(17-18)10(2)16-15(20)11-5-6-14(23-3)13(9-11)19(21)22/h5-10H,4H2,1-3H3,(H,16,20). The number of ether oxygens (including phenoxy) is 1. The van der Waals surface area contributed by atoms with Crippen molar-refractivity contribution in [3.8, 4) is 5.75 Å². The summed E-state index contributed by atoms with van der Waals surface area (Å²) in [7, 11) is 1.34. The minimum Gasteiger partial charge on any atom is -0.490 e. The number of carbonyl (C=O) groups excluding carboxylic acids is 1. The number of benzene rings is 1. The van der Waals surface area contributed by atoms with Gasteiger partial charge in [0.2, 0.25) is 0 Å². The number of rotatable bonds is 6. The Bertz CT molecular complexity index is 726. The highest BCUT2D eigenvalue weighted by molar-refractivity contribution is 5.95. The number of aromatic nitrogens is 2. The van der Waals surface area contributed by atoms with Gasteiger partial charge in [-0.1, -0.05) is 0 Å². The van der Waals surface area contributed by atoms with Crippen LogP contribution in [-0.2, 0) is 6.54 Å². The summed E-state index contributed by atoms with van der Waals surface area (Å²) in [6, 6.07) is 5.61. The number of nitro benzene ring substituents is 1. The molecule has 0 aliphatic carbocycles. The van der Waals surface area contributed by atoms with Crippen molar-refractivity contribution in [3.63, 3.8) is 0 Å². The van der Waals surface area contributed by atoms with Crippen LogP contribution in [0.4, 0.5) is 5.69 Å². The maximum atomic E-state index is 12.3. The topological polar surface area (TPSA) is 99.3 Å². The summed E-state index contributed by atoms with van der Waals surface area (Å²) in [5.74, 6) is -0.296. The highest BCUT2D eigenvalue weighted by atomic mass is 16.6. The first kappa shape index (κ1) is 16.5. The lowest BCUT2D eigenvalue weighted by Gasteiger charge is -2.12. The van der Waals surface area contributed by atoms with E-state index in [1.807, 2.05) is 19.2 Å². The average molecular weight is 318 g/mol. The monoisotopic (exact) mass is 318 g/mol. The first-order valence-corrected chi connectivity index (χ1v) is 7.13. The van der Waals surface area contributed by atoms with E-state index in [4.69, 9.17) is 4.74 Å². The van der Waals surface area contributed by atoms with Crippen molar-refractivity contribution < 1.29 is 14.5 Å². The lowest BCUT2D eigenvalue weighted by Crippen LogP contribution is -2.27. The van der Waals surface area contributed by atoms with Crippen LogP contribution in [0.25, 0.3) is 0 Å². The normalized spacial score (nSPS) is 11.8. The molecule has 0 saturated heterocycles. The molecule has 1 aromatic heterocycles. The minimum atomic E-state index is -0.581.